The summed E-state index contributed by atoms with van der Waals surface area (Å²) in [6, 6.07) is 0.537. The zero-order valence-electron chi connectivity index (χ0n) is 11.9. The number of rotatable bonds is 7. The number of halogens is 1. The Bertz CT molecular complexity index is 193. The smallest absolute Gasteiger partial charge is 0.191 e. The average Bonchev–Trinajstić information content (AvgIpc) is 2.31. The van der Waals surface area contributed by atoms with E-state index in [-0.39, 0.29) is 24.0 Å². The van der Waals surface area contributed by atoms with Crippen molar-refractivity contribution in [3.05, 3.63) is 0 Å². The van der Waals surface area contributed by atoms with E-state index >= 15 is 0 Å². The summed E-state index contributed by atoms with van der Waals surface area (Å²) in [5, 5.41) is 6.62. The van der Waals surface area contributed by atoms with E-state index < -0.39 is 0 Å². The SMILES string of the molecule is CCCNC(=NC)NCC(C)N(CC)CC.I. The van der Waals surface area contributed by atoms with E-state index in [1.54, 1.807) is 0 Å². The van der Waals surface area contributed by atoms with Gasteiger partial charge in [-0.25, -0.2) is 0 Å². The zero-order chi connectivity index (χ0) is 12.4. The van der Waals surface area contributed by atoms with Gasteiger partial charge in [-0.05, 0) is 26.4 Å². The molecule has 1 atom stereocenters. The molecule has 2 N–H and O–H groups in total. The van der Waals surface area contributed by atoms with Crippen LogP contribution in [0.15, 0.2) is 4.99 Å². The Morgan fingerprint density at radius 2 is 1.76 bits per heavy atom. The molecule has 0 amide bonds. The molecule has 0 aromatic heterocycles. The van der Waals surface area contributed by atoms with Gasteiger partial charge in [-0.15, -0.1) is 24.0 Å². The lowest BCUT2D eigenvalue weighted by atomic mass is 10.3. The summed E-state index contributed by atoms with van der Waals surface area (Å²) in [6.07, 6.45) is 1.12. The minimum absolute atomic E-state index is 0. The first kappa shape index (κ1) is 19.3. The maximum atomic E-state index is 4.18. The zero-order valence-corrected chi connectivity index (χ0v) is 14.2. The third-order valence-electron chi connectivity index (χ3n) is 2.77. The van der Waals surface area contributed by atoms with Crippen LogP contribution in [-0.2, 0) is 0 Å². The Hall–Kier alpha value is -0.0400. The Morgan fingerprint density at radius 1 is 1.18 bits per heavy atom. The second kappa shape index (κ2) is 12.4. The molecule has 0 aromatic rings. The Kier molecular flexibility index (Phi) is 14.1. The molecule has 0 aliphatic heterocycles. The van der Waals surface area contributed by atoms with Crippen molar-refractivity contribution >= 4 is 29.9 Å². The molecule has 0 radical (unpaired) electrons. The normalized spacial score (nSPS) is 13.2. The van der Waals surface area contributed by atoms with Gasteiger partial charge >= 0.3 is 0 Å². The van der Waals surface area contributed by atoms with Crippen LogP contribution in [0.25, 0.3) is 0 Å². The van der Waals surface area contributed by atoms with Crippen molar-refractivity contribution in [3.8, 4) is 0 Å². The van der Waals surface area contributed by atoms with Gasteiger partial charge in [-0.2, -0.15) is 0 Å². The molecule has 0 heterocycles. The molecule has 0 aliphatic rings. The monoisotopic (exact) mass is 356 g/mol. The lowest BCUT2D eigenvalue weighted by Crippen LogP contribution is -2.46. The first-order valence-corrected chi connectivity index (χ1v) is 6.38. The van der Waals surface area contributed by atoms with E-state index in [0.717, 1.165) is 38.6 Å². The molecular weight excluding hydrogens is 327 g/mol. The van der Waals surface area contributed by atoms with Gasteiger partial charge in [0.1, 0.15) is 0 Å². The fraction of sp³-hybridized carbons (Fsp3) is 0.917. The first-order chi connectivity index (χ1) is 7.69. The Labute approximate surface area is 124 Å². The number of aliphatic imine (C=N–C) groups is 1. The minimum atomic E-state index is 0. The van der Waals surface area contributed by atoms with Crippen LogP contribution in [0.1, 0.15) is 34.1 Å². The van der Waals surface area contributed by atoms with Crippen molar-refractivity contribution in [2.45, 2.75) is 40.2 Å². The summed E-state index contributed by atoms with van der Waals surface area (Å²) in [6.45, 7) is 12.9. The number of likely N-dealkylation sites (N-methyl/N-ethyl adjacent to an activating group) is 1. The van der Waals surface area contributed by atoms with Gasteiger partial charge in [0.2, 0.25) is 0 Å². The van der Waals surface area contributed by atoms with Crippen LogP contribution in [0.4, 0.5) is 0 Å². The van der Waals surface area contributed by atoms with Gasteiger partial charge in [0.25, 0.3) is 0 Å². The molecule has 1 unspecified atom stereocenters. The molecule has 0 aliphatic carbocycles. The highest BCUT2D eigenvalue weighted by Gasteiger charge is 2.09. The van der Waals surface area contributed by atoms with E-state index in [1.807, 2.05) is 7.05 Å². The number of hydrogen-bond acceptors (Lipinski definition) is 2. The summed E-state index contributed by atoms with van der Waals surface area (Å²) in [7, 11) is 1.81. The molecule has 0 fully saturated rings. The van der Waals surface area contributed by atoms with Gasteiger partial charge in [-0.1, -0.05) is 20.8 Å². The predicted octanol–water partition coefficient (Wildman–Crippen LogP) is 1.91. The average molecular weight is 356 g/mol. The third-order valence-corrected chi connectivity index (χ3v) is 2.77. The standard InChI is InChI=1S/C12H28N4.HI/c1-6-9-14-12(13-5)15-10-11(4)16(7-2)8-3;/h11H,6-10H2,1-5H3,(H2,13,14,15);1H. The summed E-state index contributed by atoms with van der Waals surface area (Å²) in [5.41, 5.74) is 0. The van der Waals surface area contributed by atoms with E-state index in [4.69, 9.17) is 0 Å². The fourth-order valence-electron chi connectivity index (χ4n) is 1.68. The van der Waals surface area contributed by atoms with Crippen molar-refractivity contribution in [3.63, 3.8) is 0 Å². The van der Waals surface area contributed by atoms with E-state index in [1.165, 1.54) is 0 Å². The summed E-state index contributed by atoms with van der Waals surface area (Å²) in [5.74, 6) is 0.904. The van der Waals surface area contributed by atoms with Crippen LogP contribution in [0.5, 0.6) is 0 Å². The molecule has 0 spiro atoms. The lowest BCUT2D eigenvalue weighted by Gasteiger charge is -2.27. The second-order valence-corrected chi connectivity index (χ2v) is 3.95. The third kappa shape index (κ3) is 8.65. The largest absolute Gasteiger partial charge is 0.356 e. The van der Waals surface area contributed by atoms with Crippen molar-refractivity contribution in [1.82, 2.24) is 15.5 Å². The first-order valence-electron chi connectivity index (χ1n) is 6.38. The van der Waals surface area contributed by atoms with Crippen LogP contribution in [0.2, 0.25) is 0 Å². The van der Waals surface area contributed by atoms with Crippen LogP contribution >= 0.6 is 24.0 Å². The van der Waals surface area contributed by atoms with Crippen LogP contribution in [0.3, 0.4) is 0 Å². The minimum Gasteiger partial charge on any atom is -0.356 e. The van der Waals surface area contributed by atoms with Gasteiger partial charge < -0.3 is 10.6 Å². The number of nitrogens with one attached hydrogen (secondary N) is 2. The van der Waals surface area contributed by atoms with Crippen molar-refractivity contribution < 1.29 is 0 Å². The van der Waals surface area contributed by atoms with Crippen molar-refractivity contribution in [2.75, 3.05) is 33.2 Å². The Morgan fingerprint density at radius 3 is 2.18 bits per heavy atom. The molecular formula is C12H29IN4. The van der Waals surface area contributed by atoms with E-state index in [2.05, 4.69) is 48.2 Å². The summed E-state index contributed by atoms with van der Waals surface area (Å²) in [4.78, 5) is 6.62. The molecule has 0 rings (SSSR count). The maximum absolute atomic E-state index is 4.18. The van der Waals surface area contributed by atoms with Crippen LogP contribution < -0.4 is 10.6 Å². The van der Waals surface area contributed by atoms with Gasteiger partial charge in [-0.3, -0.25) is 9.89 Å². The van der Waals surface area contributed by atoms with E-state index in [9.17, 15) is 0 Å². The fourth-order valence-corrected chi connectivity index (χ4v) is 1.68. The highest BCUT2D eigenvalue weighted by atomic mass is 127. The molecule has 104 valence electrons. The molecule has 0 bridgehead atoms. The lowest BCUT2D eigenvalue weighted by molar-refractivity contribution is 0.231. The molecule has 17 heavy (non-hydrogen) atoms. The highest BCUT2D eigenvalue weighted by Crippen LogP contribution is 1.96. The van der Waals surface area contributed by atoms with Gasteiger partial charge in [0.05, 0.1) is 0 Å². The molecule has 0 aromatic carbocycles. The van der Waals surface area contributed by atoms with Crippen molar-refractivity contribution in [2.24, 2.45) is 4.99 Å². The maximum Gasteiger partial charge on any atom is 0.191 e. The number of guanidine groups is 1. The summed E-state index contributed by atoms with van der Waals surface area (Å²) < 4.78 is 0. The second-order valence-electron chi connectivity index (χ2n) is 3.95. The van der Waals surface area contributed by atoms with Crippen LogP contribution in [-0.4, -0.2) is 50.1 Å². The number of hydrogen-bond donors (Lipinski definition) is 2. The number of nitrogens with zero attached hydrogens (tertiary/aromatic N) is 2. The predicted molar refractivity (Wildman–Crippen MR) is 87.5 cm³/mol. The Balaban J connectivity index is 0. The highest BCUT2D eigenvalue weighted by molar-refractivity contribution is 14.0. The van der Waals surface area contributed by atoms with Crippen molar-refractivity contribution in [1.29, 1.82) is 0 Å². The summed E-state index contributed by atoms with van der Waals surface area (Å²) >= 11 is 0. The quantitative estimate of drug-likeness (QED) is 0.416. The van der Waals surface area contributed by atoms with E-state index in [0.29, 0.717) is 6.04 Å². The van der Waals surface area contributed by atoms with Gasteiger partial charge in [0.15, 0.2) is 5.96 Å². The van der Waals surface area contributed by atoms with Crippen LogP contribution in [0, 0.1) is 0 Å². The molecule has 0 saturated heterocycles. The molecule has 0 saturated carbocycles. The molecule has 5 heteroatoms. The van der Waals surface area contributed by atoms with Gasteiger partial charge in [0, 0.05) is 26.2 Å². The topological polar surface area (TPSA) is 39.7 Å². The molecule has 4 nitrogen and oxygen atoms in total.